The average Bonchev–Trinajstić information content (AvgIpc) is 2.43. The van der Waals surface area contributed by atoms with Gasteiger partial charge in [0.25, 0.3) is 0 Å². The van der Waals surface area contributed by atoms with Crippen LogP contribution in [0.4, 0.5) is 0 Å². The van der Waals surface area contributed by atoms with Crippen LogP contribution in [0.25, 0.3) is 0 Å². The minimum absolute atomic E-state index is 0.0403. The molecule has 104 valence electrons. The van der Waals surface area contributed by atoms with E-state index in [2.05, 4.69) is 16.0 Å². The molecule has 19 heavy (non-hydrogen) atoms. The molecule has 1 atom stereocenters. The van der Waals surface area contributed by atoms with Gasteiger partial charge in [0.05, 0.1) is 4.90 Å². The lowest BCUT2D eigenvalue weighted by atomic mass is 10.4. The molecule has 0 radical (unpaired) electrons. The molecular weight excluding hydrogens is 270 g/mol. The number of carbonyl (C=O) groups excluding carboxylic acids is 1. The number of hydrogen-bond acceptors (Lipinski definition) is 5. The summed E-state index contributed by atoms with van der Waals surface area (Å²) in [6.45, 7) is 2.85. The molecule has 0 aliphatic carbocycles. The fourth-order valence-electron chi connectivity index (χ4n) is 1.19. The highest BCUT2D eigenvalue weighted by Gasteiger charge is 2.20. The minimum atomic E-state index is -3.75. The van der Waals surface area contributed by atoms with Gasteiger partial charge in [-0.3, -0.25) is 0 Å². The van der Waals surface area contributed by atoms with Crippen LogP contribution in [0.15, 0.2) is 47.9 Å². The van der Waals surface area contributed by atoms with Gasteiger partial charge in [0.2, 0.25) is 10.0 Å². The summed E-state index contributed by atoms with van der Waals surface area (Å²) in [4.78, 5) is 11.3. The van der Waals surface area contributed by atoms with E-state index in [1.807, 2.05) is 0 Å². The molecule has 1 aromatic rings. The maximum Gasteiger partial charge on any atom is 0.336 e. The van der Waals surface area contributed by atoms with Gasteiger partial charge in [0.15, 0.2) is 6.10 Å². The molecule has 1 aromatic carbocycles. The molecule has 0 heterocycles. The van der Waals surface area contributed by atoms with Gasteiger partial charge in [0, 0.05) is 6.54 Å². The SMILES string of the molecule is C=CCOC(=O)C(O)CNS(=O)(=O)c1ccccc1. The third kappa shape index (κ3) is 4.82. The summed E-state index contributed by atoms with van der Waals surface area (Å²) >= 11 is 0. The maximum absolute atomic E-state index is 11.8. The summed E-state index contributed by atoms with van der Waals surface area (Å²) in [7, 11) is -3.75. The van der Waals surface area contributed by atoms with E-state index < -0.39 is 28.6 Å². The highest BCUT2D eigenvalue weighted by atomic mass is 32.2. The van der Waals surface area contributed by atoms with Crippen LogP contribution in [0.5, 0.6) is 0 Å². The predicted molar refractivity (Wildman–Crippen MR) is 68.8 cm³/mol. The van der Waals surface area contributed by atoms with Crippen molar-refractivity contribution in [2.45, 2.75) is 11.0 Å². The van der Waals surface area contributed by atoms with Gasteiger partial charge in [-0.1, -0.05) is 30.9 Å². The van der Waals surface area contributed by atoms with Crippen molar-refractivity contribution in [3.05, 3.63) is 43.0 Å². The quantitative estimate of drug-likeness (QED) is 0.545. The number of carbonyl (C=O) groups is 1. The molecule has 6 nitrogen and oxygen atoms in total. The molecule has 0 amide bonds. The topological polar surface area (TPSA) is 92.7 Å². The number of rotatable bonds is 7. The molecule has 1 unspecified atom stereocenters. The van der Waals surface area contributed by atoms with Crippen molar-refractivity contribution >= 4 is 16.0 Å². The molecule has 0 aliphatic heterocycles. The lowest BCUT2D eigenvalue weighted by Crippen LogP contribution is -2.37. The van der Waals surface area contributed by atoms with E-state index in [0.717, 1.165) is 0 Å². The molecule has 0 aromatic heterocycles. The Kier molecular flexibility index (Phi) is 5.68. The van der Waals surface area contributed by atoms with Crippen molar-refractivity contribution in [1.29, 1.82) is 0 Å². The standard InChI is InChI=1S/C12H15NO5S/c1-2-8-18-12(15)11(14)9-13-19(16,17)10-6-4-3-5-7-10/h2-7,11,13-14H,1,8-9H2. The van der Waals surface area contributed by atoms with Gasteiger partial charge >= 0.3 is 5.97 Å². The molecule has 0 spiro atoms. The molecule has 0 fully saturated rings. The Hall–Kier alpha value is -1.70. The fraction of sp³-hybridized carbons (Fsp3) is 0.250. The summed E-state index contributed by atoms with van der Waals surface area (Å²) in [5.74, 6) is -0.907. The first-order chi connectivity index (χ1) is 8.97. The summed E-state index contributed by atoms with van der Waals surface area (Å²) in [5, 5.41) is 9.42. The lowest BCUT2D eigenvalue weighted by molar-refractivity contribution is -0.151. The molecule has 7 heteroatoms. The summed E-state index contributed by atoms with van der Waals surface area (Å²) in [6.07, 6.45) is -0.211. The van der Waals surface area contributed by atoms with Crippen molar-refractivity contribution in [2.24, 2.45) is 0 Å². The van der Waals surface area contributed by atoms with E-state index in [4.69, 9.17) is 0 Å². The van der Waals surface area contributed by atoms with E-state index in [-0.39, 0.29) is 11.5 Å². The molecule has 0 bridgehead atoms. The lowest BCUT2D eigenvalue weighted by Gasteiger charge is -2.11. The Morgan fingerprint density at radius 3 is 2.63 bits per heavy atom. The second-order valence-corrected chi connectivity index (χ2v) is 5.37. The van der Waals surface area contributed by atoms with Crippen LogP contribution in [0.2, 0.25) is 0 Å². The third-order valence-electron chi connectivity index (χ3n) is 2.14. The van der Waals surface area contributed by atoms with Crippen LogP contribution in [0, 0.1) is 0 Å². The van der Waals surface area contributed by atoms with E-state index in [1.54, 1.807) is 18.2 Å². The zero-order chi connectivity index (χ0) is 14.3. The highest BCUT2D eigenvalue weighted by molar-refractivity contribution is 7.89. The first kappa shape index (κ1) is 15.4. The number of benzene rings is 1. The van der Waals surface area contributed by atoms with Gasteiger partial charge in [0.1, 0.15) is 6.61 Å². The van der Waals surface area contributed by atoms with Gasteiger partial charge < -0.3 is 9.84 Å². The Morgan fingerprint density at radius 1 is 1.42 bits per heavy atom. The Bertz CT molecular complexity index is 526. The molecule has 0 saturated heterocycles. The zero-order valence-corrected chi connectivity index (χ0v) is 11.0. The first-order valence-corrected chi connectivity index (χ1v) is 6.96. The second-order valence-electron chi connectivity index (χ2n) is 3.60. The van der Waals surface area contributed by atoms with Crippen molar-refractivity contribution in [1.82, 2.24) is 4.72 Å². The predicted octanol–water partition coefficient (Wildman–Crippen LogP) is 0.0550. The van der Waals surface area contributed by atoms with E-state index in [0.29, 0.717) is 0 Å². The van der Waals surface area contributed by atoms with Crippen LogP contribution in [0.3, 0.4) is 0 Å². The fourth-order valence-corrected chi connectivity index (χ4v) is 2.25. The minimum Gasteiger partial charge on any atom is -0.460 e. The monoisotopic (exact) mass is 285 g/mol. The number of nitrogens with one attached hydrogen (secondary N) is 1. The van der Waals surface area contributed by atoms with Crippen LogP contribution < -0.4 is 4.72 Å². The average molecular weight is 285 g/mol. The Balaban J connectivity index is 2.57. The number of sulfonamides is 1. The van der Waals surface area contributed by atoms with E-state index in [9.17, 15) is 18.3 Å². The third-order valence-corrected chi connectivity index (χ3v) is 3.58. The molecular formula is C12H15NO5S. The number of esters is 1. The van der Waals surface area contributed by atoms with E-state index >= 15 is 0 Å². The van der Waals surface area contributed by atoms with Crippen molar-refractivity contribution in [3.8, 4) is 0 Å². The van der Waals surface area contributed by atoms with Crippen molar-refractivity contribution in [3.63, 3.8) is 0 Å². The molecule has 0 aliphatic rings. The summed E-state index contributed by atoms with van der Waals surface area (Å²) in [6, 6.07) is 7.64. The highest BCUT2D eigenvalue weighted by Crippen LogP contribution is 2.06. The van der Waals surface area contributed by atoms with Crippen molar-refractivity contribution in [2.75, 3.05) is 13.2 Å². The molecule has 1 rings (SSSR count). The molecule has 0 saturated carbocycles. The zero-order valence-electron chi connectivity index (χ0n) is 10.2. The largest absolute Gasteiger partial charge is 0.460 e. The van der Waals surface area contributed by atoms with Crippen molar-refractivity contribution < 1.29 is 23.1 Å². The van der Waals surface area contributed by atoms with E-state index in [1.165, 1.54) is 18.2 Å². The Morgan fingerprint density at radius 2 is 2.05 bits per heavy atom. The van der Waals surface area contributed by atoms with Gasteiger partial charge in [-0.2, -0.15) is 0 Å². The number of aliphatic hydroxyl groups is 1. The maximum atomic E-state index is 11.8. The number of ether oxygens (including phenoxy) is 1. The van der Waals surface area contributed by atoms with Crippen LogP contribution in [-0.4, -0.2) is 38.7 Å². The Labute approximate surface area is 111 Å². The number of hydrogen-bond donors (Lipinski definition) is 2. The van der Waals surface area contributed by atoms with Gasteiger partial charge in [-0.15, -0.1) is 0 Å². The van der Waals surface area contributed by atoms with Gasteiger partial charge in [-0.25, -0.2) is 17.9 Å². The normalized spacial score (nSPS) is 12.7. The summed E-state index contributed by atoms with van der Waals surface area (Å²) in [5.41, 5.74) is 0. The first-order valence-electron chi connectivity index (χ1n) is 5.47. The summed E-state index contributed by atoms with van der Waals surface area (Å²) < 4.78 is 30.3. The molecule has 2 N–H and O–H groups in total. The van der Waals surface area contributed by atoms with Gasteiger partial charge in [-0.05, 0) is 12.1 Å². The van der Waals surface area contributed by atoms with Crippen LogP contribution in [0.1, 0.15) is 0 Å². The van der Waals surface area contributed by atoms with Crippen LogP contribution >= 0.6 is 0 Å². The second kappa shape index (κ2) is 7.03. The smallest absolute Gasteiger partial charge is 0.336 e. The number of aliphatic hydroxyl groups excluding tert-OH is 1. The van der Waals surface area contributed by atoms with Crippen LogP contribution in [-0.2, 0) is 19.6 Å².